The lowest BCUT2D eigenvalue weighted by Gasteiger charge is -2.31. The van der Waals surface area contributed by atoms with Crippen LogP contribution in [0.1, 0.15) is 32.3 Å². The number of aliphatic hydroxyl groups is 1. The van der Waals surface area contributed by atoms with Crippen LogP contribution in [0.3, 0.4) is 0 Å². The highest BCUT2D eigenvalue weighted by Crippen LogP contribution is 2.41. The van der Waals surface area contributed by atoms with Gasteiger partial charge in [0.15, 0.2) is 0 Å². The highest BCUT2D eigenvalue weighted by molar-refractivity contribution is 5.26. The topological polar surface area (TPSA) is 20.2 Å². The minimum atomic E-state index is -0.317. The summed E-state index contributed by atoms with van der Waals surface area (Å²) >= 11 is 0. The summed E-state index contributed by atoms with van der Waals surface area (Å²) in [5, 5.41) is 10.1. The van der Waals surface area contributed by atoms with Crippen LogP contribution in [0, 0.1) is 11.7 Å². The zero-order valence-electron chi connectivity index (χ0n) is 9.20. The lowest BCUT2D eigenvalue weighted by atomic mass is 9.77. The van der Waals surface area contributed by atoms with Crippen molar-refractivity contribution in [3.63, 3.8) is 0 Å². The Labute approximate surface area is 89.9 Å². The van der Waals surface area contributed by atoms with Crippen LogP contribution in [0.2, 0.25) is 0 Å². The first kappa shape index (κ1) is 10.6. The van der Waals surface area contributed by atoms with Crippen LogP contribution < -0.4 is 0 Å². The fourth-order valence-corrected chi connectivity index (χ4v) is 2.05. The highest BCUT2D eigenvalue weighted by Gasteiger charge is 2.40. The molecule has 2 heteroatoms. The molecule has 1 aliphatic rings. The lowest BCUT2D eigenvalue weighted by molar-refractivity contribution is 0.0790. The standard InChI is InChI=1S/C13H17FO/c1-13(2,12(15)9-3-4-9)10-5-7-11(14)8-6-10/h5-9,12,15H,3-4H2,1-2H3. The zero-order chi connectivity index (χ0) is 11.1. The minimum absolute atomic E-state index is 0.226. The van der Waals surface area contributed by atoms with E-state index in [1.165, 1.54) is 12.1 Å². The zero-order valence-corrected chi connectivity index (χ0v) is 9.20. The molecule has 2 rings (SSSR count). The summed E-state index contributed by atoms with van der Waals surface area (Å²) in [5.41, 5.74) is 0.720. The average Bonchev–Trinajstić information content (AvgIpc) is 3.00. The third-order valence-electron chi connectivity index (χ3n) is 3.40. The molecule has 0 aromatic heterocycles. The smallest absolute Gasteiger partial charge is 0.123 e. The van der Waals surface area contributed by atoms with E-state index in [4.69, 9.17) is 0 Å². The average molecular weight is 208 g/mol. The van der Waals surface area contributed by atoms with Gasteiger partial charge in [0.2, 0.25) is 0 Å². The van der Waals surface area contributed by atoms with E-state index in [2.05, 4.69) is 0 Å². The molecule has 1 fully saturated rings. The van der Waals surface area contributed by atoms with Crippen molar-refractivity contribution in [1.29, 1.82) is 0 Å². The van der Waals surface area contributed by atoms with Crippen molar-refractivity contribution >= 4 is 0 Å². The first-order valence-corrected chi connectivity index (χ1v) is 5.46. The fraction of sp³-hybridized carbons (Fsp3) is 0.538. The first-order chi connectivity index (χ1) is 7.01. The Kier molecular flexibility index (Phi) is 2.55. The van der Waals surface area contributed by atoms with Gasteiger partial charge in [-0.1, -0.05) is 26.0 Å². The van der Waals surface area contributed by atoms with E-state index in [1.807, 2.05) is 13.8 Å². The number of benzene rings is 1. The van der Waals surface area contributed by atoms with Crippen molar-refractivity contribution in [2.24, 2.45) is 5.92 Å². The van der Waals surface area contributed by atoms with Crippen LogP contribution in [-0.2, 0) is 5.41 Å². The Balaban J connectivity index is 2.23. The number of hydrogen-bond acceptors (Lipinski definition) is 1. The molecule has 1 aromatic rings. The van der Waals surface area contributed by atoms with Crippen molar-refractivity contribution < 1.29 is 9.50 Å². The minimum Gasteiger partial charge on any atom is -0.392 e. The van der Waals surface area contributed by atoms with Gasteiger partial charge in [0.25, 0.3) is 0 Å². The second-order valence-electron chi connectivity index (χ2n) is 5.01. The van der Waals surface area contributed by atoms with Gasteiger partial charge in [-0.3, -0.25) is 0 Å². The van der Waals surface area contributed by atoms with Gasteiger partial charge >= 0.3 is 0 Å². The third kappa shape index (κ3) is 2.05. The van der Waals surface area contributed by atoms with E-state index in [0.29, 0.717) is 5.92 Å². The van der Waals surface area contributed by atoms with E-state index in [-0.39, 0.29) is 17.3 Å². The summed E-state index contributed by atoms with van der Waals surface area (Å²) in [5.74, 6) is 0.209. The lowest BCUT2D eigenvalue weighted by Crippen LogP contribution is -2.35. The number of halogens is 1. The third-order valence-corrected chi connectivity index (χ3v) is 3.40. The Bertz CT molecular complexity index is 338. The quantitative estimate of drug-likeness (QED) is 0.809. The van der Waals surface area contributed by atoms with Crippen LogP contribution >= 0.6 is 0 Å². The molecule has 1 aliphatic carbocycles. The van der Waals surface area contributed by atoms with Crippen molar-refractivity contribution in [2.75, 3.05) is 0 Å². The molecule has 0 amide bonds. The van der Waals surface area contributed by atoms with E-state index < -0.39 is 0 Å². The largest absolute Gasteiger partial charge is 0.392 e. The molecule has 82 valence electrons. The maximum absolute atomic E-state index is 12.8. The van der Waals surface area contributed by atoms with Crippen LogP contribution in [0.4, 0.5) is 4.39 Å². The normalized spacial score (nSPS) is 18.9. The predicted molar refractivity (Wildman–Crippen MR) is 58.2 cm³/mol. The molecular formula is C13H17FO. The molecule has 1 saturated carbocycles. The molecule has 1 N–H and O–H groups in total. The molecule has 15 heavy (non-hydrogen) atoms. The van der Waals surface area contributed by atoms with Gasteiger partial charge in [-0.25, -0.2) is 4.39 Å². The van der Waals surface area contributed by atoms with Gasteiger partial charge in [-0.15, -0.1) is 0 Å². The van der Waals surface area contributed by atoms with Crippen LogP contribution in [0.25, 0.3) is 0 Å². The van der Waals surface area contributed by atoms with Gasteiger partial charge in [0, 0.05) is 5.41 Å². The van der Waals surface area contributed by atoms with Crippen LogP contribution in [-0.4, -0.2) is 11.2 Å². The van der Waals surface area contributed by atoms with Gasteiger partial charge in [-0.05, 0) is 36.5 Å². The molecule has 0 radical (unpaired) electrons. The summed E-state index contributed by atoms with van der Waals surface area (Å²) < 4.78 is 12.8. The fourth-order valence-electron chi connectivity index (χ4n) is 2.05. The van der Waals surface area contributed by atoms with Crippen LogP contribution in [0.15, 0.2) is 24.3 Å². The summed E-state index contributed by atoms with van der Waals surface area (Å²) in [4.78, 5) is 0. The summed E-state index contributed by atoms with van der Waals surface area (Å²) in [6.45, 7) is 4.03. The van der Waals surface area contributed by atoms with Gasteiger partial charge in [0.05, 0.1) is 6.10 Å². The maximum Gasteiger partial charge on any atom is 0.123 e. The molecule has 0 aliphatic heterocycles. The molecule has 1 unspecified atom stereocenters. The second-order valence-corrected chi connectivity index (χ2v) is 5.01. The van der Waals surface area contributed by atoms with Gasteiger partial charge < -0.3 is 5.11 Å². The molecule has 1 aromatic carbocycles. The Hall–Kier alpha value is -0.890. The SMILES string of the molecule is CC(C)(c1ccc(F)cc1)C(O)C1CC1. The van der Waals surface area contributed by atoms with Gasteiger partial charge in [0.1, 0.15) is 5.82 Å². The van der Waals surface area contributed by atoms with Crippen molar-refractivity contribution in [2.45, 2.75) is 38.2 Å². The molecule has 0 bridgehead atoms. The maximum atomic E-state index is 12.8. The highest BCUT2D eigenvalue weighted by atomic mass is 19.1. The van der Waals surface area contributed by atoms with E-state index in [9.17, 15) is 9.50 Å². The summed E-state index contributed by atoms with van der Waals surface area (Å²) in [7, 11) is 0. The second kappa shape index (κ2) is 3.60. The monoisotopic (exact) mass is 208 g/mol. The molecule has 0 heterocycles. The molecule has 1 nitrogen and oxygen atoms in total. The number of aliphatic hydroxyl groups excluding tert-OH is 1. The van der Waals surface area contributed by atoms with Crippen LogP contribution in [0.5, 0.6) is 0 Å². The number of hydrogen-bond donors (Lipinski definition) is 1. The van der Waals surface area contributed by atoms with Crippen molar-refractivity contribution in [3.8, 4) is 0 Å². The molecular weight excluding hydrogens is 191 g/mol. The summed E-state index contributed by atoms with van der Waals surface area (Å²) in [6, 6.07) is 6.44. The first-order valence-electron chi connectivity index (χ1n) is 5.46. The number of rotatable bonds is 3. The molecule has 1 atom stereocenters. The van der Waals surface area contributed by atoms with Crippen molar-refractivity contribution in [3.05, 3.63) is 35.6 Å². The Morgan fingerprint density at radius 3 is 2.27 bits per heavy atom. The summed E-state index contributed by atoms with van der Waals surface area (Å²) in [6.07, 6.45) is 1.92. The van der Waals surface area contributed by atoms with E-state index in [0.717, 1.165) is 18.4 Å². The van der Waals surface area contributed by atoms with Gasteiger partial charge in [-0.2, -0.15) is 0 Å². The Morgan fingerprint density at radius 2 is 1.80 bits per heavy atom. The van der Waals surface area contributed by atoms with E-state index in [1.54, 1.807) is 12.1 Å². The van der Waals surface area contributed by atoms with E-state index >= 15 is 0 Å². The molecule has 0 saturated heterocycles. The predicted octanol–water partition coefficient (Wildman–Crippen LogP) is 2.87. The molecule has 0 spiro atoms. The Morgan fingerprint density at radius 1 is 1.27 bits per heavy atom. The van der Waals surface area contributed by atoms with Crippen molar-refractivity contribution in [1.82, 2.24) is 0 Å².